The summed E-state index contributed by atoms with van der Waals surface area (Å²) < 4.78 is 2.51. The highest BCUT2D eigenvalue weighted by Gasteiger charge is 1.76. The zero-order valence-electron chi connectivity index (χ0n) is 3.26. The number of hydrogen-bond acceptors (Lipinski definition) is 4. The van der Waals surface area contributed by atoms with Gasteiger partial charge in [-0.3, -0.25) is 0 Å². The van der Waals surface area contributed by atoms with Gasteiger partial charge in [-0.25, -0.2) is 0 Å². The number of hydrogen-bond donors (Lipinski definition) is 1. The van der Waals surface area contributed by atoms with Gasteiger partial charge in [-0.05, 0) is 0 Å². The van der Waals surface area contributed by atoms with E-state index in [4.69, 9.17) is 5.73 Å². The lowest BCUT2D eigenvalue weighted by Crippen LogP contribution is -1.99. The first-order valence-corrected chi connectivity index (χ1v) is 2.50. The van der Waals surface area contributed by atoms with Gasteiger partial charge in [-0.15, -0.1) is 4.91 Å². The average molecular weight is 107 g/mol. The number of rotatable bonds is 3. The standard InChI is InChI=1S/C2H6N2OS/c3-1-2-6-4-5/h1-3H2/i4+1. The van der Waals surface area contributed by atoms with Gasteiger partial charge in [0.25, 0.3) is 0 Å². The molecule has 0 bridgehead atoms. The molecule has 0 heterocycles. The fourth-order valence-electron chi connectivity index (χ4n) is 0.0900. The summed E-state index contributed by atoms with van der Waals surface area (Å²) in [6, 6.07) is 0. The molecule has 0 rings (SSSR count). The Labute approximate surface area is 40.4 Å². The molecule has 0 aromatic rings. The lowest BCUT2D eigenvalue weighted by Gasteiger charge is -1.78. The van der Waals surface area contributed by atoms with Crippen LogP contribution in [0, 0.1) is 4.91 Å². The molecule has 0 saturated carbocycles. The van der Waals surface area contributed by atoms with E-state index >= 15 is 0 Å². The molecule has 0 aliphatic carbocycles. The summed E-state index contributed by atoms with van der Waals surface area (Å²) in [6.45, 7) is 0.524. The third-order valence-corrected chi connectivity index (χ3v) is 0.786. The van der Waals surface area contributed by atoms with Gasteiger partial charge in [-0.1, -0.05) is 0 Å². The van der Waals surface area contributed by atoms with E-state index in [2.05, 4.69) is 4.58 Å². The van der Waals surface area contributed by atoms with E-state index in [0.717, 1.165) is 11.9 Å². The summed E-state index contributed by atoms with van der Waals surface area (Å²) in [4.78, 5) is 9.22. The molecule has 0 aromatic heterocycles. The zero-order chi connectivity index (χ0) is 4.83. The van der Waals surface area contributed by atoms with Crippen molar-refractivity contribution in [2.24, 2.45) is 10.3 Å². The minimum atomic E-state index is 0.524. The molecule has 2 N–H and O–H groups in total. The Morgan fingerprint density at radius 3 is 2.67 bits per heavy atom. The Morgan fingerprint density at radius 1 is 1.83 bits per heavy atom. The van der Waals surface area contributed by atoms with Crippen molar-refractivity contribution in [2.75, 3.05) is 12.3 Å². The summed E-state index contributed by atoms with van der Waals surface area (Å²) in [5, 5.41) is 0. The van der Waals surface area contributed by atoms with Gasteiger partial charge in [0.2, 0.25) is 0 Å². The smallest absolute Gasteiger partial charge is 0.0310 e. The van der Waals surface area contributed by atoms with Crippen LogP contribution < -0.4 is 5.73 Å². The summed E-state index contributed by atoms with van der Waals surface area (Å²) in [5.74, 6) is 0.628. The first-order valence-electron chi connectivity index (χ1n) is 1.56. The molecule has 0 aliphatic rings. The van der Waals surface area contributed by atoms with E-state index < -0.39 is 0 Å². The molecule has 0 amide bonds. The maximum atomic E-state index is 9.22. The third-order valence-electron chi connectivity index (χ3n) is 0.262. The van der Waals surface area contributed by atoms with Crippen LogP contribution in [0.5, 0.6) is 0 Å². The molecule has 0 atom stereocenters. The van der Waals surface area contributed by atoms with E-state index in [-0.39, 0.29) is 0 Å². The first-order chi connectivity index (χ1) is 2.91. The molecule has 3 nitrogen and oxygen atoms in total. The number of nitrogens with zero attached hydrogens (tertiary/aromatic N) is 1. The van der Waals surface area contributed by atoms with Crippen molar-refractivity contribution in [3.8, 4) is 0 Å². The molecule has 6 heavy (non-hydrogen) atoms. The van der Waals surface area contributed by atoms with Crippen LogP contribution in [0.15, 0.2) is 4.58 Å². The van der Waals surface area contributed by atoms with Crippen molar-refractivity contribution < 1.29 is 0 Å². The Hall–Kier alpha value is -0.0900. The van der Waals surface area contributed by atoms with Gasteiger partial charge in [0.1, 0.15) is 0 Å². The Kier molecular flexibility index (Phi) is 4.84. The molecule has 0 fully saturated rings. The minimum Gasteiger partial charge on any atom is -0.330 e. The topological polar surface area (TPSA) is 55.4 Å². The van der Waals surface area contributed by atoms with Crippen LogP contribution in [0.25, 0.3) is 0 Å². The zero-order valence-corrected chi connectivity index (χ0v) is 4.07. The summed E-state index contributed by atoms with van der Waals surface area (Å²) in [6.07, 6.45) is 0. The Balaban J connectivity index is 2.49. The van der Waals surface area contributed by atoms with Crippen molar-refractivity contribution in [1.82, 2.24) is 0 Å². The molecular weight excluding hydrogens is 101 g/mol. The molecule has 36 valence electrons. The fourth-order valence-corrected chi connectivity index (χ4v) is 0.270. The number of nitroso groups, excluding NO2 is 1. The maximum Gasteiger partial charge on any atom is 0.0310 e. The van der Waals surface area contributed by atoms with Crippen LogP contribution in [-0.2, 0) is 0 Å². The highest BCUT2D eigenvalue weighted by Crippen LogP contribution is 1.94. The average Bonchev–Trinajstić information content (AvgIpc) is 1.61. The summed E-state index contributed by atoms with van der Waals surface area (Å²) >= 11 is 0.953. The minimum absolute atomic E-state index is 0.524. The van der Waals surface area contributed by atoms with Crippen molar-refractivity contribution in [1.29, 1.82) is 0 Å². The van der Waals surface area contributed by atoms with Crippen LogP contribution in [0.1, 0.15) is 0 Å². The molecule has 4 heteroatoms. The fraction of sp³-hybridized carbons (Fsp3) is 1.00. The van der Waals surface area contributed by atoms with Crippen molar-refractivity contribution in [3.63, 3.8) is 0 Å². The van der Waals surface area contributed by atoms with Gasteiger partial charge in [0, 0.05) is 28.8 Å². The molecule has 0 spiro atoms. The predicted octanol–water partition coefficient (Wildman–Crippen LogP) is 0.360. The van der Waals surface area contributed by atoms with Crippen molar-refractivity contribution in [3.05, 3.63) is 4.91 Å². The lowest BCUT2D eigenvalue weighted by atomic mass is 10.8. The van der Waals surface area contributed by atoms with E-state index in [1.54, 1.807) is 0 Å². The maximum absolute atomic E-state index is 9.22. The highest BCUT2D eigenvalue weighted by atomic mass is 32.2. The van der Waals surface area contributed by atoms with Gasteiger partial charge in [0.05, 0.1) is 0 Å². The highest BCUT2D eigenvalue weighted by molar-refractivity contribution is 7.97. The van der Waals surface area contributed by atoms with Crippen LogP contribution in [0.2, 0.25) is 0 Å². The third kappa shape index (κ3) is 3.91. The Morgan fingerprint density at radius 2 is 2.50 bits per heavy atom. The van der Waals surface area contributed by atoms with E-state index in [1.165, 1.54) is 0 Å². The van der Waals surface area contributed by atoms with E-state index in [0.29, 0.717) is 12.3 Å². The molecule has 0 unspecified atom stereocenters. The molecule has 0 aromatic carbocycles. The van der Waals surface area contributed by atoms with Gasteiger partial charge in [-0.2, -0.15) is 0 Å². The van der Waals surface area contributed by atoms with Crippen LogP contribution in [-0.4, -0.2) is 12.3 Å². The lowest BCUT2D eigenvalue weighted by molar-refractivity contribution is 1.15. The van der Waals surface area contributed by atoms with Gasteiger partial charge >= 0.3 is 0 Å². The Bertz CT molecular complexity index is 40.5. The first kappa shape index (κ1) is 5.91. The molecule has 0 saturated heterocycles. The SMILES string of the molecule is NCCS[15N]=O. The molecular formula is C2H6N2OS. The van der Waals surface area contributed by atoms with Crippen LogP contribution in [0.4, 0.5) is 0 Å². The molecule has 0 radical (unpaired) electrons. The summed E-state index contributed by atoms with van der Waals surface area (Å²) in [7, 11) is 0. The van der Waals surface area contributed by atoms with Crippen LogP contribution >= 0.6 is 11.9 Å². The van der Waals surface area contributed by atoms with Crippen molar-refractivity contribution >= 4 is 11.9 Å². The van der Waals surface area contributed by atoms with E-state index in [9.17, 15) is 4.91 Å². The monoisotopic (exact) mass is 107 g/mol. The normalized spacial score (nSPS) is 8.17. The van der Waals surface area contributed by atoms with Crippen molar-refractivity contribution in [2.45, 2.75) is 0 Å². The van der Waals surface area contributed by atoms with Crippen LogP contribution in [0.3, 0.4) is 0 Å². The summed E-state index contributed by atoms with van der Waals surface area (Å²) in [5.41, 5.74) is 4.99. The predicted molar refractivity (Wildman–Crippen MR) is 27.3 cm³/mol. The van der Waals surface area contributed by atoms with Gasteiger partial charge < -0.3 is 5.73 Å². The van der Waals surface area contributed by atoms with E-state index in [1.807, 2.05) is 0 Å². The second kappa shape index (κ2) is 4.91. The number of nitrogens with two attached hydrogens (primary N) is 1. The largest absolute Gasteiger partial charge is 0.330 e. The second-order valence-corrected chi connectivity index (χ2v) is 1.51. The van der Waals surface area contributed by atoms with Gasteiger partial charge in [0.15, 0.2) is 0 Å². The molecule has 0 aliphatic heterocycles. The quantitative estimate of drug-likeness (QED) is 0.245. The second-order valence-electron chi connectivity index (χ2n) is 0.696.